The van der Waals surface area contributed by atoms with Crippen LogP contribution in [-0.4, -0.2) is 18.9 Å². The van der Waals surface area contributed by atoms with Gasteiger partial charge in [-0.1, -0.05) is 11.6 Å². The lowest BCUT2D eigenvalue weighted by molar-refractivity contribution is -0.159. The summed E-state index contributed by atoms with van der Waals surface area (Å²) in [7, 11) is 0. The van der Waals surface area contributed by atoms with Gasteiger partial charge in [-0.15, -0.1) is 0 Å². The van der Waals surface area contributed by atoms with E-state index >= 15 is 0 Å². The van der Waals surface area contributed by atoms with Gasteiger partial charge in [0.15, 0.2) is 0 Å². The van der Waals surface area contributed by atoms with E-state index in [1.54, 1.807) is 32.9 Å². The van der Waals surface area contributed by atoms with E-state index in [1.165, 1.54) is 0 Å². The van der Waals surface area contributed by atoms with E-state index < -0.39 is 12.3 Å². The van der Waals surface area contributed by atoms with Crippen LogP contribution in [0.25, 0.3) is 0 Å². The molecule has 0 aromatic heterocycles. The maximum Gasteiger partial charge on any atom is 0.381 e. The highest BCUT2D eigenvalue weighted by atomic mass is 35.5. The van der Waals surface area contributed by atoms with Gasteiger partial charge in [-0.25, -0.2) is 4.79 Å². The summed E-state index contributed by atoms with van der Waals surface area (Å²) in [4.78, 5) is 11.1. The quantitative estimate of drug-likeness (QED) is 0.780. The number of benzene rings is 1. The van der Waals surface area contributed by atoms with Gasteiger partial charge in [-0.05, 0) is 44.0 Å². The van der Waals surface area contributed by atoms with Crippen molar-refractivity contribution in [2.75, 3.05) is 6.61 Å². The molecule has 0 heterocycles. The van der Waals surface area contributed by atoms with Crippen molar-refractivity contribution in [3.8, 4) is 5.75 Å². The SMILES string of the molecule is CCOC(=O)C(F)Oc1c(C)cc(Cl)cc1C. The van der Waals surface area contributed by atoms with Crippen molar-refractivity contribution in [3.63, 3.8) is 0 Å². The largest absolute Gasteiger partial charge is 0.461 e. The average Bonchev–Trinajstić information content (AvgIpc) is 2.23. The summed E-state index contributed by atoms with van der Waals surface area (Å²) in [6.07, 6.45) is -2.12. The third-order valence-corrected chi connectivity index (χ3v) is 2.34. The summed E-state index contributed by atoms with van der Waals surface area (Å²) < 4.78 is 22.9. The molecule has 0 amide bonds. The lowest BCUT2D eigenvalue weighted by Crippen LogP contribution is -2.25. The van der Waals surface area contributed by atoms with E-state index in [9.17, 15) is 9.18 Å². The van der Waals surface area contributed by atoms with Gasteiger partial charge < -0.3 is 9.47 Å². The molecule has 1 aromatic rings. The number of hydrogen-bond donors (Lipinski definition) is 0. The van der Waals surface area contributed by atoms with Crippen LogP contribution in [0.4, 0.5) is 4.39 Å². The summed E-state index contributed by atoms with van der Waals surface area (Å²) in [5, 5.41) is 0.541. The first-order valence-electron chi connectivity index (χ1n) is 5.19. The van der Waals surface area contributed by atoms with Crippen LogP contribution < -0.4 is 4.74 Å². The molecule has 94 valence electrons. The molecule has 0 N–H and O–H groups in total. The van der Waals surface area contributed by atoms with E-state index in [0.29, 0.717) is 21.9 Å². The van der Waals surface area contributed by atoms with Crippen LogP contribution >= 0.6 is 11.6 Å². The minimum atomic E-state index is -2.12. The summed E-state index contributed by atoms with van der Waals surface area (Å²) in [5.74, 6) is -0.712. The Morgan fingerprint density at radius 2 is 1.94 bits per heavy atom. The van der Waals surface area contributed by atoms with E-state index in [-0.39, 0.29) is 6.61 Å². The molecule has 1 atom stereocenters. The first-order valence-corrected chi connectivity index (χ1v) is 5.57. The zero-order chi connectivity index (χ0) is 13.0. The highest BCUT2D eigenvalue weighted by Gasteiger charge is 2.22. The summed E-state index contributed by atoms with van der Waals surface area (Å²) in [5.41, 5.74) is 1.34. The standard InChI is InChI=1S/C12H14ClFO3/c1-4-16-12(15)11(14)17-10-7(2)5-9(13)6-8(10)3/h5-6,11H,4H2,1-3H3. The number of esters is 1. The van der Waals surface area contributed by atoms with Gasteiger partial charge >= 0.3 is 12.3 Å². The first-order chi connectivity index (χ1) is 7.95. The fraction of sp³-hybridized carbons (Fsp3) is 0.417. The van der Waals surface area contributed by atoms with Gasteiger partial charge in [-0.3, -0.25) is 0 Å². The van der Waals surface area contributed by atoms with Crippen LogP contribution in [-0.2, 0) is 9.53 Å². The number of aryl methyl sites for hydroxylation is 2. The molecular weight excluding hydrogens is 247 g/mol. The number of halogens is 2. The highest BCUT2D eigenvalue weighted by molar-refractivity contribution is 6.30. The van der Waals surface area contributed by atoms with Crippen molar-refractivity contribution in [1.82, 2.24) is 0 Å². The van der Waals surface area contributed by atoms with Crippen molar-refractivity contribution in [2.45, 2.75) is 27.1 Å². The Hall–Kier alpha value is -1.29. The maximum atomic E-state index is 13.4. The monoisotopic (exact) mass is 260 g/mol. The van der Waals surface area contributed by atoms with E-state index in [0.717, 1.165) is 0 Å². The molecular formula is C12H14ClFO3. The first kappa shape index (κ1) is 13.8. The molecule has 0 radical (unpaired) electrons. The molecule has 0 aliphatic carbocycles. The van der Waals surface area contributed by atoms with Crippen molar-refractivity contribution in [3.05, 3.63) is 28.3 Å². The fourth-order valence-electron chi connectivity index (χ4n) is 1.44. The number of hydrogen-bond acceptors (Lipinski definition) is 3. The molecule has 0 saturated heterocycles. The normalized spacial score (nSPS) is 12.1. The van der Waals surface area contributed by atoms with Gasteiger partial charge in [0.1, 0.15) is 5.75 Å². The number of ether oxygens (including phenoxy) is 2. The van der Waals surface area contributed by atoms with Crippen molar-refractivity contribution in [1.29, 1.82) is 0 Å². The predicted octanol–water partition coefficient (Wildman–Crippen LogP) is 3.19. The van der Waals surface area contributed by atoms with Crippen molar-refractivity contribution < 1.29 is 18.7 Å². The van der Waals surface area contributed by atoms with Gasteiger partial charge in [0.25, 0.3) is 0 Å². The van der Waals surface area contributed by atoms with Gasteiger partial charge in [0, 0.05) is 5.02 Å². The van der Waals surface area contributed by atoms with Gasteiger partial charge in [0.05, 0.1) is 6.61 Å². The summed E-state index contributed by atoms with van der Waals surface area (Å²) in [6.45, 7) is 5.17. The van der Waals surface area contributed by atoms with Crippen LogP contribution in [0, 0.1) is 13.8 Å². The molecule has 1 rings (SSSR count). The van der Waals surface area contributed by atoms with Gasteiger partial charge in [-0.2, -0.15) is 4.39 Å². The molecule has 5 heteroatoms. The summed E-state index contributed by atoms with van der Waals surface area (Å²) in [6, 6.07) is 3.28. The fourth-order valence-corrected chi connectivity index (χ4v) is 1.77. The Kier molecular flexibility index (Phi) is 4.75. The third kappa shape index (κ3) is 3.60. The van der Waals surface area contributed by atoms with E-state index in [2.05, 4.69) is 4.74 Å². The topological polar surface area (TPSA) is 35.5 Å². The van der Waals surface area contributed by atoms with Crippen LogP contribution in [0.15, 0.2) is 12.1 Å². The Morgan fingerprint density at radius 1 is 1.41 bits per heavy atom. The van der Waals surface area contributed by atoms with Crippen LogP contribution in [0.5, 0.6) is 5.75 Å². The lowest BCUT2D eigenvalue weighted by atomic mass is 10.1. The number of carbonyl (C=O) groups excluding carboxylic acids is 1. The molecule has 0 aliphatic heterocycles. The molecule has 1 aromatic carbocycles. The molecule has 0 spiro atoms. The molecule has 0 aliphatic rings. The predicted molar refractivity (Wildman–Crippen MR) is 63.1 cm³/mol. The Morgan fingerprint density at radius 3 is 2.41 bits per heavy atom. The number of carbonyl (C=O) groups is 1. The zero-order valence-corrected chi connectivity index (χ0v) is 10.7. The van der Waals surface area contributed by atoms with Crippen LogP contribution in [0.1, 0.15) is 18.1 Å². The smallest absolute Gasteiger partial charge is 0.381 e. The maximum absolute atomic E-state index is 13.4. The second-order valence-electron chi connectivity index (χ2n) is 3.55. The molecule has 0 saturated carbocycles. The second-order valence-corrected chi connectivity index (χ2v) is 3.99. The summed E-state index contributed by atoms with van der Waals surface area (Å²) >= 11 is 5.83. The van der Waals surface area contributed by atoms with Crippen molar-refractivity contribution >= 4 is 17.6 Å². The van der Waals surface area contributed by atoms with E-state index in [1.807, 2.05) is 0 Å². The lowest BCUT2D eigenvalue weighted by Gasteiger charge is -2.14. The van der Waals surface area contributed by atoms with Crippen LogP contribution in [0.2, 0.25) is 5.02 Å². The molecule has 3 nitrogen and oxygen atoms in total. The zero-order valence-electron chi connectivity index (χ0n) is 9.92. The minimum absolute atomic E-state index is 0.112. The molecule has 1 unspecified atom stereocenters. The Labute approximate surface area is 104 Å². The molecule has 0 bridgehead atoms. The number of rotatable bonds is 4. The Balaban J connectivity index is 2.85. The average molecular weight is 261 g/mol. The van der Waals surface area contributed by atoms with Crippen LogP contribution in [0.3, 0.4) is 0 Å². The molecule has 0 fully saturated rings. The van der Waals surface area contributed by atoms with Crippen molar-refractivity contribution in [2.24, 2.45) is 0 Å². The van der Waals surface area contributed by atoms with E-state index in [4.69, 9.17) is 16.3 Å². The third-order valence-electron chi connectivity index (χ3n) is 2.12. The Bertz CT molecular complexity index is 397. The number of alkyl halides is 1. The second kappa shape index (κ2) is 5.87. The molecule has 17 heavy (non-hydrogen) atoms. The highest BCUT2D eigenvalue weighted by Crippen LogP contribution is 2.28. The van der Waals surface area contributed by atoms with Gasteiger partial charge in [0.2, 0.25) is 0 Å². The minimum Gasteiger partial charge on any atom is -0.461 e.